The Morgan fingerprint density at radius 2 is 2.06 bits per heavy atom. The summed E-state index contributed by atoms with van der Waals surface area (Å²) >= 11 is 0. The molecule has 1 aromatic carbocycles. The summed E-state index contributed by atoms with van der Waals surface area (Å²) in [7, 11) is 1.64. The van der Waals surface area contributed by atoms with Crippen molar-refractivity contribution in [2.45, 2.75) is 18.4 Å². The monoisotopic (exact) mass is 220 g/mol. The Kier molecular flexibility index (Phi) is 3.36. The zero-order chi connectivity index (χ0) is 11.5. The third-order valence-corrected chi connectivity index (χ3v) is 3.35. The first-order valence-electron chi connectivity index (χ1n) is 5.49. The highest BCUT2D eigenvalue weighted by atomic mass is 16.5. The lowest BCUT2D eigenvalue weighted by molar-refractivity contribution is -0.109. The van der Waals surface area contributed by atoms with Gasteiger partial charge >= 0.3 is 0 Å². The Morgan fingerprint density at radius 3 is 2.69 bits per heavy atom. The molecule has 0 aromatic heterocycles. The van der Waals surface area contributed by atoms with E-state index < -0.39 is 6.10 Å². The molecule has 0 saturated heterocycles. The van der Waals surface area contributed by atoms with E-state index >= 15 is 0 Å². The van der Waals surface area contributed by atoms with Crippen molar-refractivity contribution < 1.29 is 14.6 Å². The minimum atomic E-state index is -0.540. The van der Waals surface area contributed by atoms with E-state index in [1.807, 2.05) is 24.3 Å². The van der Waals surface area contributed by atoms with Gasteiger partial charge in [-0.05, 0) is 11.1 Å². The second-order valence-corrected chi connectivity index (χ2v) is 4.20. The molecule has 0 saturated carbocycles. The van der Waals surface area contributed by atoms with Gasteiger partial charge in [0.15, 0.2) is 0 Å². The number of fused-ring (bicyclic) bond motifs is 1. The molecule has 0 spiro atoms. The minimum Gasteiger partial charge on any atom is -0.388 e. The first-order valence-corrected chi connectivity index (χ1v) is 5.49. The molecule has 2 rings (SSSR count). The zero-order valence-electron chi connectivity index (χ0n) is 9.30. The molecule has 3 heteroatoms. The number of hydrogen-bond donors (Lipinski definition) is 1. The molecule has 3 nitrogen and oxygen atoms in total. The Labute approximate surface area is 95.0 Å². The van der Waals surface area contributed by atoms with E-state index in [-0.39, 0.29) is 11.8 Å². The van der Waals surface area contributed by atoms with E-state index in [9.17, 15) is 9.90 Å². The summed E-state index contributed by atoms with van der Waals surface area (Å²) in [5.74, 6) is 0.0799. The van der Waals surface area contributed by atoms with Crippen molar-refractivity contribution in [3.63, 3.8) is 0 Å². The molecule has 0 radical (unpaired) electrons. The number of rotatable bonds is 4. The summed E-state index contributed by atoms with van der Waals surface area (Å²) in [4.78, 5) is 10.7. The van der Waals surface area contributed by atoms with Crippen LogP contribution in [0.15, 0.2) is 24.3 Å². The number of aliphatic hydroxyl groups excluding tert-OH is 1. The smallest absolute Gasteiger partial charge is 0.120 e. The van der Waals surface area contributed by atoms with Crippen molar-refractivity contribution in [3.8, 4) is 0 Å². The van der Waals surface area contributed by atoms with Gasteiger partial charge in [-0.25, -0.2) is 0 Å². The maximum Gasteiger partial charge on any atom is 0.120 e. The van der Waals surface area contributed by atoms with Crippen LogP contribution in [0.2, 0.25) is 0 Å². The molecule has 0 fully saturated rings. The first kappa shape index (κ1) is 11.3. The fourth-order valence-corrected chi connectivity index (χ4v) is 2.60. The fraction of sp³-hybridized carbons (Fsp3) is 0.462. The molecule has 16 heavy (non-hydrogen) atoms. The van der Waals surface area contributed by atoms with Crippen molar-refractivity contribution in [2.75, 3.05) is 13.7 Å². The normalized spacial score (nSPS) is 27.8. The fourth-order valence-electron chi connectivity index (χ4n) is 2.60. The average molecular weight is 220 g/mol. The van der Waals surface area contributed by atoms with Gasteiger partial charge in [0.1, 0.15) is 6.29 Å². The highest BCUT2D eigenvalue weighted by Gasteiger charge is 2.38. The zero-order valence-corrected chi connectivity index (χ0v) is 9.30. The summed E-state index contributed by atoms with van der Waals surface area (Å²) in [5, 5.41) is 10.2. The van der Waals surface area contributed by atoms with Crippen LogP contribution in [0.3, 0.4) is 0 Å². The molecular weight excluding hydrogens is 204 g/mol. The van der Waals surface area contributed by atoms with Crippen molar-refractivity contribution in [2.24, 2.45) is 5.92 Å². The van der Waals surface area contributed by atoms with Gasteiger partial charge in [0.2, 0.25) is 0 Å². The van der Waals surface area contributed by atoms with Crippen LogP contribution in [0, 0.1) is 5.92 Å². The molecule has 1 aromatic rings. The Hall–Kier alpha value is -1.19. The van der Waals surface area contributed by atoms with Crippen molar-refractivity contribution in [1.29, 1.82) is 0 Å². The van der Waals surface area contributed by atoms with E-state index in [0.29, 0.717) is 13.0 Å². The van der Waals surface area contributed by atoms with Gasteiger partial charge in [0.25, 0.3) is 0 Å². The Morgan fingerprint density at radius 1 is 1.38 bits per heavy atom. The summed E-state index contributed by atoms with van der Waals surface area (Å²) in [6.45, 7) is 0.548. The molecule has 1 aliphatic carbocycles. The van der Waals surface area contributed by atoms with Crippen LogP contribution in [0.5, 0.6) is 0 Å². The van der Waals surface area contributed by atoms with Crippen LogP contribution in [-0.4, -0.2) is 25.1 Å². The number of methoxy groups -OCH3 is 1. The van der Waals surface area contributed by atoms with Gasteiger partial charge in [-0.3, -0.25) is 0 Å². The Bertz CT molecular complexity index is 375. The van der Waals surface area contributed by atoms with Gasteiger partial charge in [-0.2, -0.15) is 0 Å². The number of benzene rings is 1. The van der Waals surface area contributed by atoms with Gasteiger partial charge in [0.05, 0.1) is 12.7 Å². The summed E-state index contributed by atoms with van der Waals surface area (Å²) in [5.41, 5.74) is 2.06. The standard InChI is InChI=1S/C13H16O3/c1-16-8-12-9-4-2-3-5-10(9)13(15)11(12)6-7-14/h2-5,7,11-13,15H,6,8H2,1H3. The molecular formula is C13H16O3. The van der Waals surface area contributed by atoms with E-state index in [2.05, 4.69) is 0 Å². The van der Waals surface area contributed by atoms with Gasteiger partial charge in [0, 0.05) is 25.4 Å². The lowest BCUT2D eigenvalue weighted by Crippen LogP contribution is -2.16. The van der Waals surface area contributed by atoms with Crippen molar-refractivity contribution in [1.82, 2.24) is 0 Å². The van der Waals surface area contributed by atoms with E-state index in [0.717, 1.165) is 17.4 Å². The largest absolute Gasteiger partial charge is 0.388 e. The van der Waals surface area contributed by atoms with Crippen LogP contribution in [0.1, 0.15) is 29.6 Å². The van der Waals surface area contributed by atoms with Crippen LogP contribution in [0.25, 0.3) is 0 Å². The number of carbonyl (C=O) groups excluding carboxylic acids is 1. The SMILES string of the molecule is COCC1c2ccccc2C(O)C1CC=O. The molecule has 0 bridgehead atoms. The van der Waals surface area contributed by atoms with E-state index in [1.165, 1.54) is 0 Å². The minimum absolute atomic E-state index is 0.0464. The molecule has 3 unspecified atom stereocenters. The predicted octanol–water partition coefficient (Wildman–Crippen LogP) is 1.67. The average Bonchev–Trinajstić information content (AvgIpc) is 2.57. The maximum atomic E-state index is 10.7. The lowest BCUT2D eigenvalue weighted by Gasteiger charge is -2.19. The number of aliphatic hydroxyl groups is 1. The quantitative estimate of drug-likeness (QED) is 0.785. The lowest BCUT2D eigenvalue weighted by atomic mass is 9.90. The molecule has 1 aliphatic rings. The van der Waals surface area contributed by atoms with Gasteiger partial charge in [-0.15, -0.1) is 0 Å². The molecule has 3 atom stereocenters. The van der Waals surface area contributed by atoms with E-state index in [1.54, 1.807) is 7.11 Å². The number of carbonyl (C=O) groups is 1. The third kappa shape index (κ3) is 1.77. The molecule has 86 valence electrons. The maximum absolute atomic E-state index is 10.7. The predicted molar refractivity (Wildman–Crippen MR) is 60.2 cm³/mol. The number of hydrogen-bond acceptors (Lipinski definition) is 3. The van der Waals surface area contributed by atoms with Crippen molar-refractivity contribution >= 4 is 6.29 Å². The highest BCUT2D eigenvalue weighted by molar-refractivity contribution is 5.52. The molecule has 1 N–H and O–H groups in total. The second-order valence-electron chi connectivity index (χ2n) is 4.20. The second kappa shape index (κ2) is 4.76. The first-order chi connectivity index (χ1) is 7.79. The molecule has 0 heterocycles. The van der Waals surface area contributed by atoms with Gasteiger partial charge in [-0.1, -0.05) is 24.3 Å². The van der Waals surface area contributed by atoms with Crippen LogP contribution in [0.4, 0.5) is 0 Å². The summed E-state index contributed by atoms with van der Waals surface area (Å²) < 4.78 is 5.18. The van der Waals surface area contributed by atoms with Crippen molar-refractivity contribution in [3.05, 3.63) is 35.4 Å². The highest BCUT2D eigenvalue weighted by Crippen LogP contribution is 2.46. The van der Waals surface area contributed by atoms with Crippen LogP contribution in [-0.2, 0) is 9.53 Å². The number of ether oxygens (including phenoxy) is 1. The van der Waals surface area contributed by atoms with Crippen LogP contribution >= 0.6 is 0 Å². The third-order valence-electron chi connectivity index (χ3n) is 3.35. The van der Waals surface area contributed by atoms with Crippen LogP contribution < -0.4 is 0 Å². The number of aldehydes is 1. The summed E-state index contributed by atoms with van der Waals surface area (Å²) in [6, 6.07) is 7.80. The molecule has 0 aliphatic heterocycles. The Balaban J connectivity index is 2.34. The topological polar surface area (TPSA) is 46.5 Å². The van der Waals surface area contributed by atoms with Gasteiger partial charge < -0.3 is 14.6 Å². The van der Waals surface area contributed by atoms with E-state index in [4.69, 9.17) is 4.74 Å². The molecule has 0 amide bonds. The summed E-state index contributed by atoms with van der Waals surface area (Å²) in [6.07, 6.45) is 0.716.